The fourth-order valence-corrected chi connectivity index (χ4v) is 4.05. The Hall–Kier alpha value is -2.86. The second-order valence-electron chi connectivity index (χ2n) is 8.06. The molecule has 6 nitrogen and oxygen atoms in total. The fourth-order valence-electron chi connectivity index (χ4n) is 4.05. The monoisotopic (exact) mass is 407 g/mol. The van der Waals surface area contributed by atoms with Crippen LogP contribution in [0.1, 0.15) is 47.6 Å². The van der Waals surface area contributed by atoms with Crippen molar-refractivity contribution in [3.8, 4) is 5.75 Å². The number of amides is 2. The van der Waals surface area contributed by atoms with Crippen LogP contribution in [0, 0.1) is 5.92 Å². The van der Waals surface area contributed by atoms with E-state index in [0.717, 1.165) is 37.2 Å². The Morgan fingerprint density at radius 3 is 2.60 bits per heavy atom. The van der Waals surface area contributed by atoms with Crippen molar-refractivity contribution >= 4 is 17.5 Å². The van der Waals surface area contributed by atoms with Crippen LogP contribution in [0.3, 0.4) is 0 Å². The number of rotatable bonds is 8. The van der Waals surface area contributed by atoms with Gasteiger partial charge in [-0.05, 0) is 63.0 Å². The summed E-state index contributed by atoms with van der Waals surface area (Å²) in [5, 5.41) is 6.00. The standard InChI is InChI=1S/C24H29N3O3/c1-30-22-10-3-2-9-20(22)21(27-13-4-5-14-27)16-25-23(28)18-7-6-8-19(15-18)26-24(29)17-11-12-17/h2-3,6-10,15,17,21H,4-5,11-14,16H2,1H3,(H,25,28)(H,26,29). The summed E-state index contributed by atoms with van der Waals surface area (Å²) < 4.78 is 5.57. The molecule has 2 aromatic carbocycles. The molecule has 0 bridgehead atoms. The Bertz CT molecular complexity index is 904. The lowest BCUT2D eigenvalue weighted by Crippen LogP contribution is -2.37. The number of benzene rings is 2. The highest BCUT2D eigenvalue weighted by atomic mass is 16.5. The molecule has 1 heterocycles. The van der Waals surface area contributed by atoms with Crippen LogP contribution in [0.2, 0.25) is 0 Å². The number of ether oxygens (including phenoxy) is 1. The number of methoxy groups -OCH3 is 1. The third-order valence-electron chi connectivity index (χ3n) is 5.88. The number of likely N-dealkylation sites (tertiary alicyclic amines) is 1. The Morgan fingerprint density at radius 2 is 1.87 bits per heavy atom. The van der Waals surface area contributed by atoms with Crippen molar-refractivity contribution in [3.63, 3.8) is 0 Å². The molecule has 1 aliphatic carbocycles. The van der Waals surface area contributed by atoms with Crippen LogP contribution < -0.4 is 15.4 Å². The van der Waals surface area contributed by atoms with Gasteiger partial charge in [0, 0.05) is 29.3 Å². The zero-order valence-electron chi connectivity index (χ0n) is 17.4. The van der Waals surface area contributed by atoms with E-state index in [2.05, 4.69) is 21.6 Å². The van der Waals surface area contributed by atoms with Crippen molar-refractivity contribution < 1.29 is 14.3 Å². The Balaban J connectivity index is 1.45. The molecular weight excluding hydrogens is 378 g/mol. The molecule has 2 aromatic rings. The molecule has 2 aliphatic rings. The normalized spacial score (nSPS) is 17.4. The van der Waals surface area contributed by atoms with Gasteiger partial charge in [-0.15, -0.1) is 0 Å². The van der Waals surface area contributed by atoms with Crippen LogP contribution in [0.15, 0.2) is 48.5 Å². The zero-order chi connectivity index (χ0) is 20.9. The zero-order valence-corrected chi connectivity index (χ0v) is 17.4. The van der Waals surface area contributed by atoms with Gasteiger partial charge in [0.25, 0.3) is 5.91 Å². The third kappa shape index (κ3) is 4.82. The van der Waals surface area contributed by atoms with Crippen LogP contribution in [0.25, 0.3) is 0 Å². The summed E-state index contributed by atoms with van der Waals surface area (Å²) in [6, 6.07) is 15.2. The molecule has 1 unspecified atom stereocenters. The molecule has 2 amide bonds. The van der Waals surface area contributed by atoms with Crippen molar-refractivity contribution in [3.05, 3.63) is 59.7 Å². The van der Waals surface area contributed by atoms with Crippen LogP contribution in [-0.2, 0) is 4.79 Å². The molecule has 0 spiro atoms. The molecule has 4 rings (SSSR count). The van der Waals surface area contributed by atoms with Gasteiger partial charge >= 0.3 is 0 Å². The first-order valence-corrected chi connectivity index (χ1v) is 10.7. The largest absolute Gasteiger partial charge is 0.496 e. The minimum atomic E-state index is -0.142. The van der Waals surface area contributed by atoms with Gasteiger partial charge in [-0.2, -0.15) is 0 Å². The van der Waals surface area contributed by atoms with Gasteiger partial charge in [0.15, 0.2) is 0 Å². The molecule has 0 aromatic heterocycles. The molecule has 2 N–H and O–H groups in total. The van der Waals surface area contributed by atoms with E-state index >= 15 is 0 Å². The quantitative estimate of drug-likeness (QED) is 0.701. The first-order valence-electron chi connectivity index (χ1n) is 10.7. The first kappa shape index (κ1) is 20.4. The lowest BCUT2D eigenvalue weighted by molar-refractivity contribution is -0.117. The van der Waals surface area contributed by atoms with Crippen molar-refractivity contribution in [2.24, 2.45) is 5.92 Å². The smallest absolute Gasteiger partial charge is 0.251 e. The third-order valence-corrected chi connectivity index (χ3v) is 5.88. The number of carbonyl (C=O) groups excluding carboxylic acids is 2. The summed E-state index contributed by atoms with van der Waals surface area (Å²) in [5.41, 5.74) is 2.30. The molecule has 158 valence electrons. The van der Waals surface area contributed by atoms with Gasteiger partial charge in [-0.3, -0.25) is 14.5 Å². The fraction of sp³-hybridized carbons (Fsp3) is 0.417. The van der Waals surface area contributed by atoms with Gasteiger partial charge in [0.05, 0.1) is 13.2 Å². The minimum Gasteiger partial charge on any atom is -0.496 e. The van der Waals surface area contributed by atoms with Gasteiger partial charge < -0.3 is 15.4 Å². The van der Waals surface area contributed by atoms with Crippen LogP contribution in [-0.4, -0.2) is 43.5 Å². The molecular formula is C24H29N3O3. The maximum atomic E-state index is 12.9. The number of hydrogen-bond donors (Lipinski definition) is 2. The second kappa shape index (κ2) is 9.30. The molecule has 30 heavy (non-hydrogen) atoms. The number of carbonyl (C=O) groups is 2. The molecule has 0 radical (unpaired) electrons. The Labute approximate surface area is 177 Å². The Kier molecular flexibility index (Phi) is 6.33. The highest BCUT2D eigenvalue weighted by Crippen LogP contribution is 2.32. The van der Waals surface area contributed by atoms with Crippen molar-refractivity contribution in [1.82, 2.24) is 10.2 Å². The highest BCUT2D eigenvalue weighted by Gasteiger charge is 2.30. The number of nitrogens with zero attached hydrogens (tertiary/aromatic N) is 1. The van der Waals surface area contributed by atoms with E-state index < -0.39 is 0 Å². The first-order chi connectivity index (χ1) is 14.7. The Morgan fingerprint density at radius 1 is 1.10 bits per heavy atom. The maximum Gasteiger partial charge on any atom is 0.251 e. The second-order valence-corrected chi connectivity index (χ2v) is 8.06. The average Bonchev–Trinajstić information content (AvgIpc) is 3.50. The molecule has 1 aliphatic heterocycles. The van der Waals surface area contributed by atoms with Crippen LogP contribution >= 0.6 is 0 Å². The topological polar surface area (TPSA) is 70.7 Å². The summed E-state index contributed by atoms with van der Waals surface area (Å²) in [6.45, 7) is 2.53. The lowest BCUT2D eigenvalue weighted by Gasteiger charge is -2.29. The van der Waals surface area contributed by atoms with Gasteiger partial charge in [0.1, 0.15) is 5.75 Å². The van der Waals surface area contributed by atoms with Gasteiger partial charge in [-0.25, -0.2) is 0 Å². The molecule has 6 heteroatoms. The van der Waals surface area contributed by atoms with E-state index in [1.165, 1.54) is 12.8 Å². The van der Waals surface area contributed by atoms with E-state index in [9.17, 15) is 9.59 Å². The van der Waals surface area contributed by atoms with Crippen molar-refractivity contribution in [2.75, 3.05) is 32.1 Å². The predicted molar refractivity (Wildman–Crippen MR) is 117 cm³/mol. The minimum absolute atomic E-state index is 0.0397. The summed E-state index contributed by atoms with van der Waals surface area (Å²) in [6.07, 6.45) is 4.24. The number of para-hydroxylation sites is 1. The van der Waals surface area contributed by atoms with Crippen molar-refractivity contribution in [2.45, 2.75) is 31.7 Å². The summed E-state index contributed by atoms with van der Waals surface area (Å²) in [4.78, 5) is 27.3. The van der Waals surface area contributed by atoms with E-state index in [0.29, 0.717) is 17.8 Å². The molecule has 1 atom stereocenters. The number of hydrogen-bond acceptors (Lipinski definition) is 4. The molecule has 1 saturated carbocycles. The summed E-state index contributed by atoms with van der Waals surface area (Å²) in [5.74, 6) is 0.868. The van der Waals surface area contributed by atoms with Crippen molar-refractivity contribution in [1.29, 1.82) is 0 Å². The average molecular weight is 408 g/mol. The van der Waals surface area contributed by atoms with E-state index in [1.54, 1.807) is 25.3 Å². The number of anilines is 1. The number of nitrogens with one attached hydrogen (secondary N) is 2. The van der Waals surface area contributed by atoms with E-state index in [4.69, 9.17) is 4.74 Å². The summed E-state index contributed by atoms with van der Waals surface area (Å²) >= 11 is 0. The summed E-state index contributed by atoms with van der Waals surface area (Å²) in [7, 11) is 1.68. The van der Waals surface area contributed by atoms with E-state index in [1.807, 2.05) is 24.3 Å². The van der Waals surface area contributed by atoms with E-state index in [-0.39, 0.29) is 23.8 Å². The van der Waals surface area contributed by atoms with Crippen LogP contribution in [0.5, 0.6) is 5.75 Å². The molecule has 1 saturated heterocycles. The van der Waals surface area contributed by atoms with Gasteiger partial charge in [0.2, 0.25) is 5.91 Å². The van der Waals surface area contributed by atoms with Crippen LogP contribution in [0.4, 0.5) is 5.69 Å². The lowest BCUT2D eigenvalue weighted by atomic mass is 10.0. The van der Waals surface area contributed by atoms with Gasteiger partial charge in [-0.1, -0.05) is 24.3 Å². The highest BCUT2D eigenvalue weighted by molar-refractivity contribution is 5.98. The maximum absolute atomic E-state index is 12.9. The molecule has 2 fully saturated rings. The predicted octanol–water partition coefficient (Wildman–Crippen LogP) is 3.61. The SMILES string of the molecule is COc1ccccc1C(CNC(=O)c1cccc(NC(=O)C2CC2)c1)N1CCCC1.